The van der Waals surface area contributed by atoms with Crippen molar-refractivity contribution >= 4 is 29.2 Å². The van der Waals surface area contributed by atoms with Gasteiger partial charge in [0.05, 0.1) is 11.3 Å². The molecule has 0 aliphatic rings. The maximum absolute atomic E-state index is 11.5. The number of carbonyl (C=O) groups is 2. The average Bonchev–Trinajstić information content (AvgIpc) is 2.19. The number of halogens is 1. The van der Waals surface area contributed by atoms with Gasteiger partial charge in [0, 0.05) is 11.4 Å². The van der Waals surface area contributed by atoms with Crippen molar-refractivity contribution in [3.05, 3.63) is 28.8 Å². The molecule has 0 atom stereocenters. The molecule has 4 nitrogen and oxygen atoms in total. The maximum atomic E-state index is 11.5. The highest BCUT2D eigenvalue weighted by Gasteiger charge is 2.13. The number of nitrogens with one attached hydrogen (secondary N) is 1. The first-order valence-corrected chi connectivity index (χ1v) is 5.60. The lowest BCUT2D eigenvalue weighted by atomic mass is 10.1. The van der Waals surface area contributed by atoms with Crippen LogP contribution in [0.4, 0.5) is 5.69 Å². The number of carboxylic acid groups (broad SMARTS) is 1. The first kappa shape index (κ1) is 13.5. The van der Waals surface area contributed by atoms with Crippen molar-refractivity contribution in [2.45, 2.75) is 20.3 Å². The van der Waals surface area contributed by atoms with Crippen molar-refractivity contribution in [2.75, 3.05) is 5.32 Å². The second-order valence-electron chi connectivity index (χ2n) is 4.14. The smallest absolute Gasteiger partial charge is 0.337 e. The van der Waals surface area contributed by atoms with Gasteiger partial charge in [-0.2, -0.15) is 0 Å². The zero-order valence-corrected chi connectivity index (χ0v) is 10.4. The van der Waals surface area contributed by atoms with Crippen molar-refractivity contribution in [3.63, 3.8) is 0 Å². The molecule has 0 heterocycles. The molecule has 1 aromatic rings. The van der Waals surface area contributed by atoms with Crippen LogP contribution in [0.2, 0.25) is 5.02 Å². The van der Waals surface area contributed by atoms with E-state index in [4.69, 9.17) is 16.7 Å². The fraction of sp³-hybridized carbons (Fsp3) is 0.333. The standard InChI is InChI=1S/C12H14ClNO3/c1-7(2)5-11(15)14-10-4-3-8(13)6-9(10)12(16)17/h3-4,6-7H,5H2,1-2H3,(H,14,15)(H,16,17). The molecule has 92 valence electrons. The van der Waals surface area contributed by atoms with Gasteiger partial charge in [-0.25, -0.2) is 4.79 Å². The third-order valence-corrected chi connectivity index (χ3v) is 2.31. The summed E-state index contributed by atoms with van der Waals surface area (Å²) >= 11 is 5.71. The minimum Gasteiger partial charge on any atom is -0.478 e. The molecule has 0 aliphatic carbocycles. The largest absolute Gasteiger partial charge is 0.478 e. The summed E-state index contributed by atoms with van der Waals surface area (Å²) in [4.78, 5) is 22.5. The predicted molar refractivity (Wildman–Crippen MR) is 66.5 cm³/mol. The number of carbonyl (C=O) groups excluding carboxylic acids is 1. The fourth-order valence-corrected chi connectivity index (χ4v) is 1.55. The minimum absolute atomic E-state index is 0.00499. The zero-order chi connectivity index (χ0) is 13.0. The van der Waals surface area contributed by atoms with Gasteiger partial charge in [0.25, 0.3) is 0 Å². The molecule has 5 heteroatoms. The predicted octanol–water partition coefficient (Wildman–Crippen LogP) is 3.02. The molecule has 0 fully saturated rings. The van der Waals surface area contributed by atoms with Gasteiger partial charge < -0.3 is 10.4 Å². The molecule has 0 aromatic heterocycles. The van der Waals surface area contributed by atoms with E-state index in [1.54, 1.807) is 6.07 Å². The number of hydrogen-bond acceptors (Lipinski definition) is 2. The highest BCUT2D eigenvalue weighted by Crippen LogP contribution is 2.21. The SMILES string of the molecule is CC(C)CC(=O)Nc1ccc(Cl)cc1C(=O)O. The van der Waals surface area contributed by atoms with Crippen molar-refractivity contribution in [1.29, 1.82) is 0 Å². The van der Waals surface area contributed by atoms with Gasteiger partial charge in [0.2, 0.25) is 5.91 Å². The number of amides is 1. The molecule has 0 unspecified atom stereocenters. The highest BCUT2D eigenvalue weighted by molar-refractivity contribution is 6.31. The van der Waals surface area contributed by atoms with Crippen LogP contribution in [-0.2, 0) is 4.79 Å². The zero-order valence-electron chi connectivity index (χ0n) is 9.66. The molecule has 1 aromatic carbocycles. The Hall–Kier alpha value is -1.55. The van der Waals surface area contributed by atoms with Crippen molar-refractivity contribution in [2.24, 2.45) is 5.92 Å². The molecular formula is C12H14ClNO3. The number of hydrogen-bond donors (Lipinski definition) is 2. The van der Waals surface area contributed by atoms with E-state index in [1.165, 1.54) is 12.1 Å². The van der Waals surface area contributed by atoms with Gasteiger partial charge >= 0.3 is 5.97 Å². The number of rotatable bonds is 4. The molecule has 0 radical (unpaired) electrons. The van der Waals surface area contributed by atoms with Gasteiger partial charge in [-0.3, -0.25) is 4.79 Å². The Morgan fingerprint density at radius 2 is 2.06 bits per heavy atom. The van der Waals surface area contributed by atoms with Crippen molar-refractivity contribution in [1.82, 2.24) is 0 Å². The maximum Gasteiger partial charge on any atom is 0.337 e. The molecule has 1 amide bonds. The molecular weight excluding hydrogens is 242 g/mol. The Morgan fingerprint density at radius 1 is 1.41 bits per heavy atom. The summed E-state index contributed by atoms with van der Waals surface area (Å²) in [5.41, 5.74) is 0.266. The Labute approximate surface area is 105 Å². The summed E-state index contributed by atoms with van der Waals surface area (Å²) in [7, 11) is 0. The Bertz CT molecular complexity index is 443. The van der Waals surface area contributed by atoms with E-state index in [0.717, 1.165) is 0 Å². The molecule has 0 aliphatic heterocycles. The first-order valence-electron chi connectivity index (χ1n) is 5.23. The van der Waals surface area contributed by atoms with E-state index < -0.39 is 5.97 Å². The second kappa shape index (κ2) is 5.68. The van der Waals surface area contributed by atoms with Gasteiger partial charge in [-0.05, 0) is 24.1 Å². The molecule has 17 heavy (non-hydrogen) atoms. The number of anilines is 1. The highest BCUT2D eigenvalue weighted by atomic mass is 35.5. The van der Waals surface area contributed by atoms with E-state index in [9.17, 15) is 9.59 Å². The lowest BCUT2D eigenvalue weighted by Gasteiger charge is -2.10. The van der Waals surface area contributed by atoms with E-state index in [-0.39, 0.29) is 23.1 Å². The average molecular weight is 256 g/mol. The van der Waals surface area contributed by atoms with E-state index >= 15 is 0 Å². The third kappa shape index (κ3) is 4.07. The molecule has 2 N–H and O–H groups in total. The van der Waals surface area contributed by atoms with Crippen molar-refractivity contribution < 1.29 is 14.7 Å². The quantitative estimate of drug-likeness (QED) is 0.869. The summed E-state index contributed by atoms with van der Waals surface area (Å²) < 4.78 is 0. The summed E-state index contributed by atoms with van der Waals surface area (Å²) in [6.07, 6.45) is 0.349. The second-order valence-corrected chi connectivity index (χ2v) is 4.58. The minimum atomic E-state index is -1.12. The van der Waals surface area contributed by atoms with E-state index in [2.05, 4.69) is 5.32 Å². The van der Waals surface area contributed by atoms with Crippen LogP contribution in [0.1, 0.15) is 30.6 Å². The van der Waals surface area contributed by atoms with Crippen LogP contribution in [-0.4, -0.2) is 17.0 Å². The summed E-state index contributed by atoms with van der Waals surface area (Å²) in [5.74, 6) is -1.10. The van der Waals surface area contributed by atoms with Crippen LogP contribution >= 0.6 is 11.6 Å². The van der Waals surface area contributed by atoms with Gasteiger partial charge in [0.15, 0.2) is 0 Å². The monoisotopic (exact) mass is 255 g/mol. The summed E-state index contributed by atoms with van der Waals surface area (Å²) in [5, 5.41) is 11.9. The molecule has 1 rings (SSSR count). The molecule has 0 bridgehead atoms. The number of carboxylic acids is 1. The Morgan fingerprint density at radius 3 is 2.59 bits per heavy atom. The van der Waals surface area contributed by atoms with Crippen molar-refractivity contribution in [3.8, 4) is 0 Å². The molecule has 0 saturated heterocycles. The van der Waals surface area contributed by atoms with Crippen LogP contribution in [0.15, 0.2) is 18.2 Å². The number of aromatic carboxylic acids is 1. The summed E-state index contributed by atoms with van der Waals surface area (Å²) in [6, 6.07) is 4.35. The van der Waals surface area contributed by atoms with E-state index in [0.29, 0.717) is 11.4 Å². The summed E-state index contributed by atoms with van der Waals surface area (Å²) in [6.45, 7) is 3.83. The van der Waals surface area contributed by atoms with Crippen LogP contribution in [0, 0.1) is 5.92 Å². The topological polar surface area (TPSA) is 66.4 Å². The molecule has 0 spiro atoms. The van der Waals surface area contributed by atoms with Gasteiger partial charge in [-0.1, -0.05) is 25.4 Å². The van der Waals surface area contributed by atoms with Gasteiger partial charge in [-0.15, -0.1) is 0 Å². The Balaban J connectivity index is 2.91. The van der Waals surface area contributed by atoms with Gasteiger partial charge in [0.1, 0.15) is 0 Å². The lowest BCUT2D eigenvalue weighted by Crippen LogP contribution is -2.16. The lowest BCUT2D eigenvalue weighted by molar-refractivity contribution is -0.116. The first-order chi connectivity index (χ1) is 7.90. The Kier molecular flexibility index (Phi) is 4.52. The third-order valence-electron chi connectivity index (χ3n) is 2.08. The number of benzene rings is 1. The van der Waals surface area contributed by atoms with Crippen LogP contribution < -0.4 is 5.32 Å². The fourth-order valence-electron chi connectivity index (χ4n) is 1.37. The van der Waals surface area contributed by atoms with E-state index in [1.807, 2.05) is 13.8 Å². The van der Waals surface area contributed by atoms with Crippen LogP contribution in [0.25, 0.3) is 0 Å². The molecule has 0 saturated carbocycles. The normalized spacial score (nSPS) is 10.4. The van der Waals surface area contributed by atoms with Crippen LogP contribution in [0.5, 0.6) is 0 Å². The van der Waals surface area contributed by atoms with Crippen LogP contribution in [0.3, 0.4) is 0 Å².